The van der Waals surface area contributed by atoms with E-state index in [1.807, 2.05) is 24.3 Å². The number of H-pyrrole nitrogens is 1. The number of aromatic nitrogens is 5. The zero-order valence-corrected chi connectivity index (χ0v) is 17.5. The normalized spacial score (nSPS) is 18.4. The van der Waals surface area contributed by atoms with Gasteiger partial charge in [0.1, 0.15) is 29.9 Å². The summed E-state index contributed by atoms with van der Waals surface area (Å²) in [6, 6.07) is 9.97. The van der Waals surface area contributed by atoms with Crippen LogP contribution in [0.25, 0.3) is 22.1 Å². The SMILES string of the molecule is O=C(NC1CC1)c1ccc2c(OC[C@H]3CCCN3c3ncnc4nc[nH]c34)cccc2n1. The number of pyridine rings is 1. The summed E-state index contributed by atoms with van der Waals surface area (Å²) in [5.74, 6) is 1.52. The molecule has 0 spiro atoms. The number of anilines is 1. The van der Waals surface area contributed by atoms with E-state index in [1.165, 1.54) is 0 Å². The summed E-state index contributed by atoms with van der Waals surface area (Å²) in [5, 5.41) is 3.89. The molecular formula is C23H23N7O2. The minimum Gasteiger partial charge on any atom is -0.491 e. The number of hydrogen-bond acceptors (Lipinski definition) is 7. The maximum Gasteiger partial charge on any atom is 0.270 e. The number of imidazole rings is 1. The molecule has 32 heavy (non-hydrogen) atoms. The highest BCUT2D eigenvalue weighted by Gasteiger charge is 2.29. The summed E-state index contributed by atoms with van der Waals surface area (Å²) < 4.78 is 6.27. The van der Waals surface area contributed by atoms with Crippen LogP contribution in [0.4, 0.5) is 5.82 Å². The maximum atomic E-state index is 12.3. The summed E-state index contributed by atoms with van der Waals surface area (Å²) >= 11 is 0. The van der Waals surface area contributed by atoms with Gasteiger partial charge in [-0.3, -0.25) is 4.79 Å². The van der Waals surface area contributed by atoms with Gasteiger partial charge in [-0.15, -0.1) is 0 Å². The Bertz CT molecular complexity index is 1300. The summed E-state index contributed by atoms with van der Waals surface area (Å²) in [6.07, 6.45) is 7.40. The van der Waals surface area contributed by atoms with Crippen molar-refractivity contribution in [1.29, 1.82) is 0 Å². The molecule has 162 valence electrons. The van der Waals surface area contributed by atoms with E-state index in [0.717, 1.165) is 60.2 Å². The molecule has 2 N–H and O–H groups in total. The third-order valence-electron chi connectivity index (χ3n) is 6.12. The third kappa shape index (κ3) is 3.49. The first-order valence-corrected chi connectivity index (χ1v) is 11.0. The highest BCUT2D eigenvalue weighted by molar-refractivity contribution is 5.96. The van der Waals surface area contributed by atoms with E-state index < -0.39 is 0 Å². The monoisotopic (exact) mass is 429 g/mol. The van der Waals surface area contributed by atoms with Gasteiger partial charge in [-0.1, -0.05) is 6.07 Å². The average molecular weight is 429 g/mol. The second-order valence-electron chi connectivity index (χ2n) is 8.37. The second kappa shape index (κ2) is 7.74. The van der Waals surface area contributed by atoms with Crippen LogP contribution in [0.3, 0.4) is 0 Å². The minimum atomic E-state index is -0.114. The van der Waals surface area contributed by atoms with Crippen molar-refractivity contribution >= 4 is 33.8 Å². The Balaban J connectivity index is 1.21. The number of benzene rings is 1. The minimum absolute atomic E-state index is 0.114. The zero-order valence-electron chi connectivity index (χ0n) is 17.5. The molecule has 4 heterocycles. The van der Waals surface area contributed by atoms with Gasteiger partial charge in [0.15, 0.2) is 11.5 Å². The number of nitrogens with one attached hydrogen (secondary N) is 2. The van der Waals surface area contributed by atoms with Crippen molar-refractivity contribution in [3.63, 3.8) is 0 Å². The van der Waals surface area contributed by atoms with Crippen LogP contribution in [0.15, 0.2) is 43.0 Å². The highest BCUT2D eigenvalue weighted by Crippen LogP contribution is 2.30. The highest BCUT2D eigenvalue weighted by atomic mass is 16.5. The average Bonchev–Trinajstić information content (AvgIpc) is 3.30. The molecule has 4 aromatic rings. The van der Waals surface area contributed by atoms with Crippen molar-refractivity contribution in [3.8, 4) is 5.75 Å². The molecule has 1 aliphatic carbocycles. The number of hydrogen-bond donors (Lipinski definition) is 2. The smallest absolute Gasteiger partial charge is 0.270 e. The van der Waals surface area contributed by atoms with Gasteiger partial charge >= 0.3 is 0 Å². The Morgan fingerprint density at radius 1 is 1.16 bits per heavy atom. The number of carbonyl (C=O) groups excluding carboxylic acids is 1. The molecule has 1 saturated heterocycles. The van der Waals surface area contributed by atoms with Crippen molar-refractivity contribution in [2.45, 2.75) is 37.8 Å². The van der Waals surface area contributed by atoms with E-state index in [4.69, 9.17) is 4.74 Å². The van der Waals surface area contributed by atoms with E-state index in [1.54, 1.807) is 18.7 Å². The lowest BCUT2D eigenvalue weighted by atomic mass is 10.1. The van der Waals surface area contributed by atoms with Crippen LogP contribution < -0.4 is 15.0 Å². The molecule has 1 aliphatic heterocycles. The molecule has 1 aromatic carbocycles. The fourth-order valence-corrected chi connectivity index (χ4v) is 4.31. The summed E-state index contributed by atoms with van der Waals surface area (Å²) in [5.41, 5.74) is 2.72. The molecule has 9 heteroatoms. The molecule has 0 unspecified atom stereocenters. The third-order valence-corrected chi connectivity index (χ3v) is 6.12. The number of aromatic amines is 1. The quantitative estimate of drug-likeness (QED) is 0.485. The summed E-state index contributed by atoms with van der Waals surface area (Å²) in [6.45, 7) is 1.44. The van der Waals surface area contributed by atoms with E-state index in [2.05, 4.69) is 35.1 Å². The van der Waals surface area contributed by atoms with Gasteiger partial charge in [0.25, 0.3) is 5.91 Å². The lowest BCUT2D eigenvalue weighted by molar-refractivity contribution is 0.0946. The van der Waals surface area contributed by atoms with Gasteiger partial charge in [0, 0.05) is 18.0 Å². The predicted octanol–water partition coefficient (Wildman–Crippen LogP) is 2.84. The molecule has 2 aliphatic rings. The number of carbonyl (C=O) groups is 1. The summed E-state index contributed by atoms with van der Waals surface area (Å²) in [7, 11) is 0. The van der Waals surface area contributed by atoms with E-state index >= 15 is 0 Å². The van der Waals surface area contributed by atoms with Crippen molar-refractivity contribution in [3.05, 3.63) is 48.7 Å². The van der Waals surface area contributed by atoms with Crippen molar-refractivity contribution < 1.29 is 9.53 Å². The molecule has 2 fully saturated rings. The van der Waals surface area contributed by atoms with Crippen molar-refractivity contribution in [1.82, 2.24) is 30.2 Å². The van der Waals surface area contributed by atoms with Crippen LogP contribution in [0.1, 0.15) is 36.2 Å². The Labute approximate surface area is 184 Å². The first-order chi connectivity index (χ1) is 15.8. The molecule has 9 nitrogen and oxygen atoms in total. The second-order valence-corrected chi connectivity index (χ2v) is 8.37. The number of amides is 1. The topological polar surface area (TPSA) is 109 Å². The lowest BCUT2D eigenvalue weighted by Crippen LogP contribution is -2.35. The van der Waals surface area contributed by atoms with Crippen LogP contribution in [-0.4, -0.2) is 56.1 Å². The Kier molecular flexibility index (Phi) is 4.59. The van der Waals surface area contributed by atoms with Crippen LogP contribution in [0.5, 0.6) is 5.75 Å². The van der Waals surface area contributed by atoms with Gasteiger partial charge in [-0.25, -0.2) is 19.9 Å². The van der Waals surface area contributed by atoms with Gasteiger partial charge in [-0.2, -0.15) is 0 Å². The Morgan fingerprint density at radius 2 is 2.09 bits per heavy atom. The number of fused-ring (bicyclic) bond motifs is 2. The fraction of sp³-hybridized carbons (Fsp3) is 0.348. The fourth-order valence-electron chi connectivity index (χ4n) is 4.31. The number of nitrogens with zero attached hydrogens (tertiary/aromatic N) is 5. The molecule has 1 atom stereocenters. The van der Waals surface area contributed by atoms with Crippen LogP contribution >= 0.6 is 0 Å². The molecule has 1 saturated carbocycles. The predicted molar refractivity (Wildman–Crippen MR) is 120 cm³/mol. The Hall–Kier alpha value is -3.75. The molecule has 3 aromatic heterocycles. The van der Waals surface area contributed by atoms with Crippen molar-refractivity contribution in [2.75, 3.05) is 18.1 Å². The van der Waals surface area contributed by atoms with Gasteiger partial charge < -0.3 is 19.9 Å². The van der Waals surface area contributed by atoms with Crippen molar-refractivity contribution in [2.24, 2.45) is 0 Å². The number of rotatable bonds is 6. The molecule has 0 radical (unpaired) electrons. The number of ether oxygens (including phenoxy) is 1. The maximum absolute atomic E-state index is 12.3. The molecule has 0 bridgehead atoms. The van der Waals surface area contributed by atoms with Crippen LogP contribution in [0.2, 0.25) is 0 Å². The Morgan fingerprint density at radius 3 is 3.00 bits per heavy atom. The zero-order chi connectivity index (χ0) is 21.5. The van der Waals surface area contributed by atoms with Gasteiger partial charge in [0.05, 0.1) is 17.9 Å². The van der Waals surface area contributed by atoms with Crippen LogP contribution in [0, 0.1) is 0 Å². The van der Waals surface area contributed by atoms with Gasteiger partial charge in [-0.05, 0) is 49.9 Å². The lowest BCUT2D eigenvalue weighted by Gasteiger charge is -2.26. The van der Waals surface area contributed by atoms with Gasteiger partial charge in [0.2, 0.25) is 0 Å². The largest absolute Gasteiger partial charge is 0.491 e. The summed E-state index contributed by atoms with van der Waals surface area (Å²) in [4.78, 5) is 35.3. The molecular weight excluding hydrogens is 406 g/mol. The van der Waals surface area contributed by atoms with Crippen LogP contribution in [-0.2, 0) is 0 Å². The van der Waals surface area contributed by atoms with E-state index in [-0.39, 0.29) is 11.9 Å². The first-order valence-electron chi connectivity index (χ1n) is 11.0. The molecule has 6 rings (SSSR count). The first kappa shape index (κ1) is 19.0. The van der Waals surface area contributed by atoms with E-state index in [9.17, 15) is 4.79 Å². The molecule has 1 amide bonds. The van der Waals surface area contributed by atoms with E-state index in [0.29, 0.717) is 24.0 Å². The standard InChI is InChI=1S/C23H23N7O2/c31-23(28-14-6-7-14)18-9-8-16-17(29-18)4-1-5-19(16)32-11-15-3-2-10-30(15)22-20-21(25-12-24-20)26-13-27-22/h1,4-5,8-9,12-15H,2-3,6-7,10-11H2,(H,28,31)(H,24,25,26,27)/t15-/m1/s1.